The molecule has 0 fully saturated rings. The second kappa shape index (κ2) is 22.3. The zero-order valence-corrected chi connectivity index (χ0v) is 28.3. The predicted octanol–water partition coefficient (Wildman–Crippen LogP) is 13.5. The fraction of sp³-hybridized carbons (Fsp3) is 0.659. The van der Waals surface area contributed by atoms with Gasteiger partial charge < -0.3 is 9.47 Å². The average molecular weight is 589 g/mol. The van der Waals surface area contributed by atoms with Crippen molar-refractivity contribution in [3.8, 4) is 11.5 Å². The van der Waals surface area contributed by atoms with Crippen molar-refractivity contribution in [1.29, 1.82) is 0 Å². The summed E-state index contributed by atoms with van der Waals surface area (Å²) >= 11 is 0. The summed E-state index contributed by atoms with van der Waals surface area (Å²) in [7, 11) is 0. The highest BCUT2D eigenvalue weighted by atomic mass is 16.5. The van der Waals surface area contributed by atoms with Gasteiger partial charge in [-0.3, -0.25) is 0 Å². The van der Waals surface area contributed by atoms with Gasteiger partial charge >= 0.3 is 0 Å². The fourth-order valence-electron chi connectivity index (χ4n) is 6.37. The molecule has 0 unspecified atom stereocenters. The van der Waals surface area contributed by atoms with Crippen LogP contribution in [0.4, 0.5) is 0 Å². The average Bonchev–Trinajstić information content (AvgIpc) is 3.03. The molecule has 2 nitrogen and oxygen atoms in total. The van der Waals surface area contributed by atoms with Crippen molar-refractivity contribution in [2.75, 3.05) is 13.2 Å². The molecule has 0 N–H and O–H groups in total. The van der Waals surface area contributed by atoms with Crippen LogP contribution in [0, 0.1) is 0 Å². The Kier molecular flexibility index (Phi) is 18.3. The van der Waals surface area contributed by atoms with Crippen LogP contribution in [-0.4, -0.2) is 13.2 Å². The van der Waals surface area contributed by atoms with E-state index in [4.69, 9.17) is 9.47 Å². The number of aryl methyl sites for hydroxylation is 1. The number of fused-ring (bicyclic) bond motifs is 2. The van der Waals surface area contributed by atoms with Crippen LogP contribution in [-0.2, 0) is 6.42 Å². The number of ether oxygens (including phenoxy) is 2. The van der Waals surface area contributed by atoms with Crippen LogP contribution < -0.4 is 9.47 Å². The van der Waals surface area contributed by atoms with Crippen molar-refractivity contribution >= 4 is 21.5 Å². The molecular weight excluding hydrogens is 524 g/mol. The molecule has 0 aliphatic heterocycles. The maximum Gasteiger partial charge on any atom is 0.135 e. The first-order chi connectivity index (χ1) is 21.3. The summed E-state index contributed by atoms with van der Waals surface area (Å²) in [5, 5.41) is 4.81. The van der Waals surface area contributed by atoms with Gasteiger partial charge in [0.05, 0.1) is 13.2 Å². The van der Waals surface area contributed by atoms with Gasteiger partial charge in [-0.1, -0.05) is 173 Å². The Balaban J connectivity index is 1.66. The molecule has 240 valence electrons. The molecule has 0 atom stereocenters. The third kappa shape index (κ3) is 12.7. The standard InChI is InChI=1S/C41H64O2/c1-4-7-10-12-14-16-18-20-25-32-42-40-36-28-23-24-29-37(36)41(43-33-26-21-19-17-15-13-11-8-5-2)39-34-35(27-22-9-6-3)30-31-38(39)40/h23-24,28-31,34H,4-22,25-27,32-33H2,1-3H3. The predicted molar refractivity (Wildman–Crippen MR) is 190 cm³/mol. The summed E-state index contributed by atoms with van der Waals surface area (Å²) in [5.74, 6) is 2.10. The first-order valence-electron chi connectivity index (χ1n) is 18.5. The second-order valence-electron chi connectivity index (χ2n) is 12.9. The first kappa shape index (κ1) is 35.3. The maximum atomic E-state index is 6.68. The van der Waals surface area contributed by atoms with Crippen LogP contribution in [0.3, 0.4) is 0 Å². The van der Waals surface area contributed by atoms with Gasteiger partial charge in [0.25, 0.3) is 0 Å². The van der Waals surface area contributed by atoms with E-state index >= 15 is 0 Å². The molecule has 0 radical (unpaired) electrons. The topological polar surface area (TPSA) is 18.5 Å². The van der Waals surface area contributed by atoms with E-state index in [2.05, 4.69) is 63.2 Å². The molecule has 3 aromatic carbocycles. The van der Waals surface area contributed by atoms with Crippen LogP contribution in [0.25, 0.3) is 21.5 Å². The summed E-state index contributed by atoms with van der Waals surface area (Å²) in [4.78, 5) is 0. The van der Waals surface area contributed by atoms with E-state index in [1.54, 1.807) is 0 Å². The molecule has 0 saturated carbocycles. The summed E-state index contributed by atoms with van der Waals surface area (Å²) in [5.41, 5.74) is 1.41. The summed E-state index contributed by atoms with van der Waals surface area (Å²) in [6, 6.07) is 15.8. The van der Waals surface area contributed by atoms with Gasteiger partial charge in [0.2, 0.25) is 0 Å². The van der Waals surface area contributed by atoms with Crippen LogP contribution in [0.2, 0.25) is 0 Å². The minimum atomic E-state index is 0.784. The highest BCUT2D eigenvalue weighted by molar-refractivity contribution is 6.11. The molecule has 2 heteroatoms. The fourth-order valence-corrected chi connectivity index (χ4v) is 6.37. The van der Waals surface area contributed by atoms with Crippen molar-refractivity contribution in [3.63, 3.8) is 0 Å². The zero-order chi connectivity index (χ0) is 30.4. The molecule has 43 heavy (non-hydrogen) atoms. The van der Waals surface area contributed by atoms with Gasteiger partial charge in [0.1, 0.15) is 11.5 Å². The molecule has 0 heterocycles. The Bertz CT molecular complexity index is 1130. The van der Waals surface area contributed by atoms with Gasteiger partial charge in [-0.05, 0) is 37.3 Å². The summed E-state index contributed by atoms with van der Waals surface area (Å²) < 4.78 is 13.3. The Morgan fingerprint density at radius 1 is 0.395 bits per heavy atom. The van der Waals surface area contributed by atoms with Crippen LogP contribution >= 0.6 is 0 Å². The van der Waals surface area contributed by atoms with E-state index in [9.17, 15) is 0 Å². The highest BCUT2D eigenvalue weighted by Crippen LogP contribution is 2.43. The molecular formula is C41H64O2. The van der Waals surface area contributed by atoms with Crippen LogP contribution in [0.1, 0.15) is 161 Å². The normalized spacial score (nSPS) is 11.5. The second-order valence-corrected chi connectivity index (χ2v) is 12.9. The van der Waals surface area contributed by atoms with Crippen molar-refractivity contribution in [2.45, 2.75) is 162 Å². The Labute approximate surface area is 265 Å². The van der Waals surface area contributed by atoms with Crippen molar-refractivity contribution in [1.82, 2.24) is 0 Å². The molecule has 0 aromatic heterocycles. The first-order valence-corrected chi connectivity index (χ1v) is 18.5. The SMILES string of the molecule is CCCCCCCCCCCOc1c2ccccc2c(OCCCCCCCCCCC)c2cc(CCCCC)ccc12. The maximum absolute atomic E-state index is 6.68. The number of benzene rings is 3. The Morgan fingerprint density at radius 2 is 0.791 bits per heavy atom. The van der Waals surface area contributed by atoms with Crippen molar-refractivity contribution in [2.24, 2.45) is 0 Å². The van der Waals surface area contributed by atoms with E-state index < -0.39 is 0 Å². The minimum absolute atomic E-state index is 0.784. The molecule has 0 saturated heterocycles. The molecule has 0 aliphatic carbocycles. The molecule has 3 rings (SSSR count). The lowest BCUT2D eigenvalue weighted by Gasteiger charge is -2.19. The molecule has 3 aromatic rings. The molecule has 0 aliphatic rings. The van der Waals surface area contributed by atoms with Crippen LogP contribution in [0.5, 0.6) is 11.5 Å². The quantitative estimate of drug-likeness (QED) is 0.0686. The zero-order valence-electron chi connectivity index (χ0n) is 28.3. The molecule has 0 bridgehead atoms. The number of hydrogen-bond donors (Lipinski definition) is 0. The highest BCUT2D eigenvalue weighted by Gasteiger charge is 2.17. The van der Waals surface area contributed by atoms with Gasteiger partial charge in [0, 0.05) is 21.5 Å². The smallest absolute Gasteiger partial charge is 0.135 e. The third-order valence-corrected chi connectivity index (χ3v) is 9.05. The van der Waals surface area contributed by atoms with Crippen molar-refractivity contribution in [3.05, 3.63) is 48.0 Å². The van der Waals surface area contributed by atoms with Gasteiger partial charge in [-0.25, -0.2) is 0 Å². The monoisotopic (exact) mass is 588 g/mol. The molecule has 0 spiro atoms. The number of hydrogen-bond acceptors (Lipinski definition) is 2. The van der Waals surface area contributed by atoms with E-state index in [-0.39, 0.29) is 0 Å². The van der Waals surface area contributed by atoms with E-state index in [1.807, 2.05) is 0 Å². The Morgan fingerprint density at radius 3 is 1.28 bits per heavy atom. The lowest BCUT2D eigenvalue weighted by molar-refractivity contribution is 0.306. The van der Waals surface area contributed by atoms with E-state index in [1.165, 1.54) is 149 Å². The Hall–Kier alpha value is -2.22. The van der Waals surface area contributed by atoms with Gasteiger partial charge in [0.15, 0.2) is 0 Å². The van der Waals surface area contributed by atoms with E-state index in [0.29, 0.717) is 0 Å². The minimum Gasteiger partial charge on any atom is -0.492 e. The van der Waals surface area contributed by atoms with Crippen LogP contribution in [0.15, 0.2) is 42.5 Å². The summed E-state index contributed by atoms with van der Waals surface area (Å²) in [6.45, 7) is 8.43. The van der Waals surface area contributed by atoms with Gasteiger partial charge in [-0.2, -0.15) is 0 Å². The number of rotatable bonds is 26. The lowest BCUT2D eigenvalue weighted by atomic mass is 9.97. The lowest BCUT2D eigenvalue weighted by Crippen LogP contribution is -2.03. The summed E-state index contributed by atoms with van der Waals surface area (Å²) in [6.07, 6.45) is 28.8. The molecule has 0 amide bonds. The van der Waals surface area contributed by atoms with Gasteiger partial charge in [-0.15, -0.1) is 0 Å². The van der Waals surface area contributed by atoms with Crippen molar-refractivity contribution < 1.29 is 9.47 Å². The van der Waals surface area contributed by atoms with E-state index in [0.717, 1.165) is 44.0 Å². The largest absolute Gasteiger partial charge is 0.492 e. The third-order valence-electron chi connectivity index (χ3n) is 9.05. The number of unbranched alkanes of at least 4 members (excludes halogenated alkanes) is 18.